The number of nitrogens with two attached hydrogens (primary N) is 1. The molecule has 4 nitrogen and oxygen atoms in total. The highest BCUT2D eigenvalue weighted by Gasteiger charge is 2.37. The average molecular weight is 185 g/mol. The molecule has 1 rings (SSSR count). The van der Waals surface area contributed by atoms with Crippen molar-refractivity contribution < 1.29 is 14.3 Å². The van der Waals surface area contributed by atoms with Gasteiger partial charge in [0.1, 0.15) is 11.2 Å². The Labute approximate surface area is 77.7 Å². The highest BCUT2D eigenvalue weighted by Crippen LogP contribution is 2.30. The van der Waals surface area contributed by atoms with E-state index in [1.165, 1.54) is 0 Å². The Morgan fingerprint density at radius 2 is 2.31 bits per heavy atom. The van der Waals surface area contributed by atoms with Gasteiger partial charge in [0.15, 0.2) is 5.88 Å². The van der Waals surface area contributed by atoms with Gasteiger partial charge in [-0.1, -0.05) is 0 Å². The van der Waals surface area contributed by atoms with Crippen LogP contribution in [0.3, 0.4) is 0 Å². The summed E-state index contributed by atoms with van der Waals surface area (Å²) >= 11 is 0. The van der Waals surface area contributed by atoms with Crippen LogP contribution in [0.4, 0.5) is 0 Å². The Morgan fingerprint density at radius 1 is 1.69 bits per heavy atom. The van der Waals surface area contributed by atoms with Crippen LogP contribution in [0.1, 0.15) is 27.2 Å². The first kappa shape index (κ1) is 9.89. The number of hydrogen-bond donors (Lipinski definition) is 1. The number of ether oxygens (including phenoxy) is 2. The first-order chi connectivity index (χ1) is 5.96. The van der Waals surface area contributed by atoms with Gasteiger partial charge in [-0.2, -0.15) is 0 Å². The Bertz CT molecular complexity index is 256. The van der Waals surface area contributed by atoms with Gasteiger partial charge in [0.05, 0.1) is 6.61 Å². The van der Waals surface area contributed by atoms with Crippen LogP contribution in [-0.2, 0) is 14.3 Å². The zero-order chi connectivity index (χ0) is 10.1. The molecule has 1 heterocycles. The van der Waals surface area contributed by atoms with Crippen LogP contribution in [0.25, 0.3) is 0 Å². The second-order valence-corrected chi connectivity index (χ2v) is 3.60. The van der Waals surface area contributed by atoms with E-state index in [0.717, 1.165) is 0 Å². The lowest BCUT2D eigenvalue weighted by Crippen LogP contribution is -2.17. The third-order valence-corrected chi connectivity index (χ3v) is 1.82. The molecule has 0 aromatic carbocycles. The molecule has 1 aliphatic heterocycles. The van der Waals surface area contributed by atoms with Gasteiger partial charge in [-0.15, -0.1) is 0 Å². The van der Waals surface area contributed by atoms with Crippen LogP contribution >= 0.6 is 0 Å². The van der Waals surface area contributed by atoms with E-state index < -0.39 is 5.60 Å². The lowest BCUT2D eigenvalue weighted by Gasteiger charge is -2.13. The number of carbonyl (C=O) groups excluding carboxylic acids is 1. The summed E-state index contributed by atoms with van der Waals surface area (Å²) in [6.45, 7) is 5.97. The van der Waals surface area contributed by atoms with Crippen LogP contribution in [0, 0.1) is 0 Å². The molecule has 0 aliphatic carbocycles. The summed E-state index contributed by atoms with van der Waals surface area (Å²) in [6.07, 6.45) is 0.512. The average Bonchev–Trinajstić information content (AvgIpc) is 2.25. The fourth-order valence-corrected chi connectivity index (χ4v) is 1.28. The van der Waals surface area contributed by atoms with Gasteiger partial charge in [0.25, 0.3) is 0 Å². The van der Waals surface area contributed by atoms with Crippen molar-refractivity contribution in [2.75, 3.05) is 6.61 Å². The van der Waals surface area contributed by atoms with Gasteiger partial charge in [-0.25, -0.2) is 4.79 Å². The molecule has 0 radical (unpaired) electrons. The molecule has 0 atom stereocenters. The number of carbonyl (C=O) groups is 1. The molecule has 0 bridgehead atoms. The summed E-state index contributed by atoms with van der Waals surface area (Å²) in [7, 11) is 0. The maximum absolute atomic E-state index is 11.3. The fourth-order valence-electron chi connectivity index (χ4n) is 1.28. The maximum atomic E-state index is 11.3. The minimum atomic E-state index is -0.450. The van der Waals surface area contributed by atoms with E-state index in [1.807, 2.05) is 20.8 Å². The van der Waals surface area contributed by atoms with E-state index in [-0.39, 0.29) is 11.9 Å². The molecular formula is C9H15NO3. The summed E-state index contributed by atoms with van der Waals surface area (Å²) in [6, 6.07) is 0. The second kappa shape index (κ2) is 3.28. The van der Waals surface area contributed by atoms with Gasteiger partial charge in [0, 0.05) is 6.42 Å². The third-order valence-electron chi connectivity index (χ3n) is 1.82. The van der Waals surface area contributed by atoms with Crippen LogP contribution in [0.5, 0.6) is 0 Å². The topological polar surface area (TPSA) is 61.6 Å². The van der Waals surface area contributed by atoms with Crippen LogP contribution in [0.15, 0.2) is 11.5 Å². The first-order valence-electron chi connectivity index (χ1n) is 4.31. The van der Waals surface area contributed by atoms with Gasteiger partial charge < -0.3 is 15.2 Å². The molecule has 0 amide bonds. The Morgan fingerprint density at radius 3 is 2.69 bits per heavy atom. The quantitative estimate of drug-likeness (QED) is 0.395. The molecule has 1 aliphatic rings. The molecule has 4 heteroatoms. The molecule has 2 N–H and O–H groups in total. The van der Waals surface area contributed by atoms with E-state index in [1.54, 1.807) is 0 Å². The van der Waals surface area contributed by atoms with Crippen LogP contribution < -0.4 is 5.73 Å². The molecule has 1 fully saturated rings. The van der Waals surface area contributed by atoms with Crippen molar-refractivity contribution in [1.29, 1.82) is 0 Å². The molecule has 1 saturated heterocycles. The van der Waals surface area contributed by atoms with Gasteiger partial charge in [-0.05, 0) is 20.8 Å². The normalized spacial score (nSPS) is 24.1. The van der Waals surface area contributed by atoms with Crippen molar-refractivity contribution in [3.63, 3.8) is 0 Å². The van der Waals surface area contributed by atoms with E-state index in [9.17, 15) is 4.79 Å². The zero-order valence-electron chi connectivity index (χ0n) is 8.22. The number of esters is 1. The maximum Gasteiger partial charge on any atom is 0.340 e. The predicted molar refractivity (Wildman–Crippen MR) is 47.6 cm³/mol. The first-order valence-corrected chi connectivity index (χ1v) is 4.31. The van der Waals surface area contributed by atoms with Gasteiger partial charge in [-0.3, -0.25) is 0 Å². The van der Waals surface area contributed by atoms with Crippen molar-refractivity contribution >= 4 is 5.97 Å². The molecule has 13 heavy (non-hydrogen) atoms. The molecule has 0 saturated carbocycles. The zero-order valence-corrected chi connectivity index (χ0v) is 8.22. The fraction of sp³-hybridized carbons (Fsp3) is 0.667. The lowest BCUT2D eigenvalue weighted by molar-refractivity contribution is -0.143. The van der Waals surface area contributed by atoms with E-state index >= 15 is 0 Å². The standard InChI is InChI=1S/C9H15NO3/c1-4-12-7(10)6-5-9(2,3)13-8(6)11/h4-5,10H2,1-3H3/b7-6+. The predicted octanol–water partition coefficient (Wildman–Crippen LogP) is 0.919. The smallest absolute Gasteiger partial charge is 0.340 e. The van der Waals surface area contributed by atoms with Crippen molar-refractivity contribution in [3.8, 4) is 0 Å². The molecular weight excluding hydrogens is 170 g/mol. The van der Waals surface area contributed by atoms with Crippen molar-refractivity contribution in [2.45, 2.75) is 32.8 Å². The molecule has 0 spiro atoms. The monoisotopic (exact) mass is 185 g/mol. The van der Waals surface area contributed by atoms with Crippen LogP contribution in [-0.4, -0.2) is 18.2 Å². The molecule has 74 valence electrons. The Kier molecular flexibility index (Phi) is 2.50. The Balaban J connectivity index is 2.83. The van der Waals surface area contributed by atoms with E-state index in [0.29, 0.717) is 18.6 Å². The largest absolute Gasteiger partial charge is 0.479 e. The molecule has 0 aromatic heterocycles. The lowest BCUT2D eigenvalue weighted by atomic mass is 10.0. The highest BCUT2D eigenvalue weighted by atomic mass is 16.6. The summed E-state index contributed by atoms with van der Waals surface area (Å²) in [5, 5.41) is 0. The minimum absolute atomic E-state index is 0.193. The van der Waals surface area contributed by atoms with Crippen molar-refractivity contribution in [2.24, 2.45) is 5.73 Å². The second-order valence-electron chi connectivity index (χ2n) is 3.60. The van der Waals surface area contributed by atoms with E-state index in [2.05, 4.69) is 0 Å². The van der Waals surface area contributed by atoms with Gasteiger partial charge >= 0.3 is 5.97 Å². The molecule has 0 unspecified atom stereocenters. The number of cyclic esters (lactones) is 1. The van der Waals surface area contributed by atoms with Crippen molar-refractivity contribution in [3.05, 3.63) is 11.5 Å². The number of hydrogen-bond acceptors (Lipinski definition) is 4. The highest BCUT2D eigenvalue weighted by molar-refractivity contribution is 5.91. The number of rotatable bonds is 2. The van der Waals surface area contributed by atoms with Crippen molar-refractivity contribution in [1.82, 2.24) is 0 Å². The summed E-state index contributed by atoms with van der Waals surface area (Å²) in [4.78, 5) is 11.3. The minimum Gasteiger partial charge on any atom is -0.479 e. The molecule has 0 aromatic rings. The summed E-state index contributed by atoms with van der Waals surface area (Å²) in [5.41, 5.74) is 5.56. The third kappa shape index (κ3) is 2.14. The SMILES string of the molecule is CCO/C(N)=C1\CC(C)(C)OC1=O. The Hall–Kier alpha value is -1.19. The van der Waals surface area contributed by atoms with E-state index in [4.69, 9.17) is 15.2 Å². The van der Waals surface area contributed by atoms with Crippen LogP contribution in [0.2, 0.25) is 0 Å². The summed E-state index contributed by atoms with van der Waals surface area (Å²) < 4.78 is 10.1. The summed E-state index contributed by atoms with van der Waals surface area (Å²) in [5.74, 6) is -0.172. The van der Waals surface area contributed by atoms with Gasteiger partial charge in [0.2, 0.25) is 0 Å².